The van der Waals surface area contributed by atoms with Gasteiger partial charge in [-0.05, 0) is 49.2 Å². The molecule has 0 atom stereocenters. The van der Waals surface area contributed by atoms with E-state index in [2.05, 4.69) is 28.9 Å². The van der Waals surface area contributed by atoms with Gasteiger partial charge in [-0.15, -0.1) is 0 Å². The molecule has 3 heteroatoms. The highest BCUT2D eigenvalue weighted by atomic mass is 79.9. The topological polar surface area (TPSA) is 22.0 Å². The van der Waals surface area contributed by atoms with E-state index < -0.39 is 0 Å². The van der Waals surface area contributed by atoms with E-state index in [1.165, 1.54) is 5.56 Å². The summed E-state index contributed by atoms with van der Waals surface area (Å²) < 4.78 is 3.04. The van der Waals surface area contributed by atoms with E-state index in [-0.39, 0.29) is 5.78 Å². The summed E-state index contributed by atoms with van der Waals surface area (Å²) >= 11 is 3.47. The second-order valence-corrected chi connectivity index (χ2v) is 6.32. The molecule has 21 heavy (non-hydrogen) atoms. The Morgan fingerprint density at radius 1 is 1.10 bits per heavy atom. The number of ketones is 1. The van der Waals surface area contributed by atoms with Gasteiger partial charge in [0, 0.05) is 39.7 Å². The zero-order chi connectivity index (χ0) is 15.1. The zero-order valence-corrected chi connectivity index (χ0v) is 13.9. The van der Waals surface area contributed by atoms with Crippen LogP contribution in [0, 0.1) is 13.8 Å². The summed E-state index contributed by atoms with van der Waals surface area (Å²) in [6.45, 7) is 4.05. The average molecular weight is 342 g/mol. The van der Waals surface area contributed by atoms with Gasteiger partial charge in [0.05, 0.1) is 0 Å². The molecule has 0 bridgehead atoms. The molecule has 0 aliphatic heterocycles. The molecular formula is C18H16BrNO. The van der Waals surface area contributed by atoms with Gasteiger partial charge in [0.25, 0.3) is 0 Å². The third-order valence-electron chi connectivity index (χ3n) is 3.81. The average Bonchev–Trinajstić information content (AvgIpc) is 2.78. The first-order valence-electron chi connectivity index (χ1n) is 6.84. The minimum atomic E-state index is 0.0695. The highest BCUT2D eigenvalue weighted by molar-refractivity contribution is 9.10. The van der Waals surface area contributed by atoms with Crippen molar-refractivity contribution in [1.82, 2.24) is 4.57 Å². The number of aromatic nitrogens is 1. The Hall–Kier alpha value is -1.87. The predicted molar refractivity (Wildman–Crippen MR) is 90.0 cm³/mol. The summed E-state index contributed by atoms with van der Waals surface area (Å²) in [7, 11) is 1.98. The van der Waals surface area contributed by atoms with Gasteiger partial charge in [0.1, 0.15) is 0 Å². The maximum absolute atomic E-state index is 12.8. The summed E-state index contributed by atoms with van der Waals surface area (Å²) in [5, 5.41) is 1.01. The molecule has 3 rings (SSSR count). The molecule has 2 nitrogen and oxygen atoms in total. The molecule has 0 aliphatic rings. The fourth-order valence-electron chi connectivity index (χ4n) is 2.62. The lowest BCUT2D eigenvalue weighted by Crippen LogP contribution is -2.01. The van der Waals surface area contributed by atoms with Crippen LogP contribution >= 0.6 is 15.9 Å². The molecule has 3 aromatic rings. The lowest BCUT2D eigenvalue weighted by atomic mass is 10.0. The van der Waals surface area contributed by atoms with E-state index in [1.807, 2.05) is 55.1 Å². The Kier molecular flexibility index (Phi) is 3.46. The van der Waals surface area contributed by atoms with Crippen LogP contribution in [0.2, 0.25) is 0 Å². The van der Waals surface area contributed by atoms with Crippen molar-refractivity contribution in [3.63, 3.8) is 0 Å². The second-order valence-electron chi connectivity index (χ2n) is 5.47. The van der Waals surface area contributed by atoms with Gasteiger partial charge in [0.2, 0.25) is 0 Å². The van der Waals surface area contributed by atoms with E-state index in [1.54, 1.807) is 0 Å². The van der Waals surface area contributed by atoms with Crippen molar-refractivity contribution < 1.29 is 4.79 Å². The van der Waals surface area contributed by atoms with Gasteiger partial charge >= 0.3 is 0 Å². The molecule has 0 spiro atoms. The molecule has 0 saturated heterocycles. The Balaban J connectivity index is 2.15. The quantitative estimate of drug-likeness (QED) is 0.614. The van der Waals surface area contributed by atoms with E-state index in [9.17, 15) is 4.79 Å². The molecule has 0 saturated carbocycles. The number of fused-ring (bicyclic) bond motifs is 1. The minimum Gasteiger partial charge on any atom is -0.350 e. The summed E-state index contributed by atoms with van der Waals surface area (Å²) in [6.07, 6.45) is 1.92. The van der Waals surface area contributed by atoms with Crippen LogP contribution in [0.25, 0.3) is 10.9 Å². The molecule has 0 aliphatic carbocycles. The van der Waals surface area contributed by atoms with Crippen molar-refractivity contribution >= 4 is 32.6 Å². The van der Waals surface area contributed by atoms with Crippen LogP contribution in [0.4, 0.5) is 0 Å². The largest absolute Gasteiger partial charge is 0.350 e. The maximum Gasteiger partial charge on any atom is 0.195 e. The molecule has 106 valence electrons. The second kappa shape index (κ2) is 5.15. The van der Waals surface area contributed by atoms with Crippen LogP contribution in [0.15, 0.2) is 47.1 Å². The number of hydrogen-bond acceptors (Lipinski definition) is 1. The van der Waals surface area contributed by atoms with E-state index in [0.717, 1.165) is 32.1 Å². The van der Waals surface area contributed by atoms with Gasteiger partial charge in [-0.2, -0.15) is 0 Å². The fraction of sp³-hybridized carbons (Fsp3) is 0.167. The van der Waals surface area contributed by atoms with Gasteiger partial charge in [0.15, 0.2) is 5.78 Å². The molecule has 0 unspecified atom stereocenters. The zero-order valence-electron chi connectivity index (χ0n) is 12.3. The van der Waals surface area contributed by atoms with Crippen molar-refractivity contribution in [2.45, 2.75) is 13.8 Å². The standard InChI is InChI=1S/C18H16BrNO/c1-11-4-6-14-15(10-20(3)17(14)8-11)18(21)13-5-7-16(19)12(2)9-13/h4-10H,1-3H3. The van der Waals surface area contributed by atoms with E-state index in [0.29, 0.717) is 0 Å². The molecule has 0 N–H and O–H groups in total. The summed E-state index contributed by atoms with van der Waals surface area (Å²) in [5.74, 6) is 0.0695. The highest BCUT2D eigenvalue weighted by Gasteiger charge is 2.16. The van der Waals surface area contributed by atoms with Crippen molar-refractivity contribution in [3.05, 3.63) is 69.3 Å². The normalized spacial score (nSPS) is 11.0. The molecule has 0 fully saturated rings. The molecular weight excluding hydrogens is 326 g/mol. The van der Waals surface area contributed by atoms with E-state index in [4.69, 9.17) is 0 Å². The number of benzene rings is 2. The number of rotatable bonds is 2. The van der Waals surface area contributed by atoms with Crippen molar-refractivity contribution in [2.24, 2.45) is 7.05 Å². The predicted octanol–water partition coefficient (Wildman–Crippen LogP) is 4.79. The molecule has 1 heterocycles. The molecule has 0 radical (unpaired) electrons. The summed E-state index contributed by atoms with van der Waals surface area (Å²) in [5.41, 5.74) is 4.84. The van der Waals surface area contributed by atoms with Gasteiger partial charge in [-0.25, -0.2) is 0 Å². The van der Waals surface area contributed by atoms with Crippen LogP contribution in [-0.4, -0.2) is 10.4 Å². The molecule has 0 amide bonds. The van der Waals surface area contributed by atoms with Crippen LogP contribution in [0.3, 0.4) is 0 Å². The summed E-state index contributed by atoms with van der Waals surface area (Å²) in [6, 6.07) is 11.9. The van der Waals surface area contributed by atoms with Crippen LogP contribution in [0.1, 0.15) is 27.0 Å². The number of carbonyl (C=O) groups excluding carboxylic acids is 1. The third kappa shape index (κ3) is 2.42. The number of carbonyl (C=O) groups is 1. The van der Waals surface area contributed by atoms with Gasteiger partial charge < -0.3 is 4.57 Å². The van der Waals surface area contributed by atoms with Crippen LogP contribution in [0.5, 0.6) is 0 Å². The Bertz CT molecular complexity index is 861. The molecule has 2 aromatic carbocycles. The van der Waals surface area contributed by atoms with Crippen LogP contribution in [-0.2, 0) is 7.05 Å². The smallest absolute Gasteiger partial charge is 0.195 e. The maximum atomic E-state index is 12.8. The lowest BCUT2D eigenvalue weighted by molar-refractivity contribution is 0.104. The Morgan fingerprint density at radius 2 is 1.86 bits per heavy atom. The summed E-state index contributed by atoms with van der Waals surface area (Å²) in [4.78, 5) is 12.8. The minimum absolute atomic E-state index is 0.0695. The van der Waals surface area contributed by atoms with Gasteiger partial charge in [-0.3, -0.25) is 4.79 Å². The number of aryl methyl sites for hydroxylation is 3. The van der Waals surface area contributed by atoms with Crippen molar-refractivity contribution in [2.75, 3.05) is 0 Å². The first kappa shape index (κ1) is 14.1. The first-order chi connectivity index (χ1) is 9.97. The first-order valence-corrected chi connectivity index (χ1v) is 7.63. The van der Waals surface area contributed by atoms with E-state index >= 15 is 0 Å². The van der Waals surface area contributed by atoms with Crippen LogP contribution < -0.4 is 0 Å². The van der Waals surface area contributed by atoms with Gasteiger partial charge in [-0.1, -0.05) is 28.1 Å². The van der Waals surface area contributed by atoms with Crippen molar-refractivity contribution in [3.8, 4) is 0 Å². The number of nitrogens with zero attached hydrogens (tertiary/aromatic N) is 1. The Labute approximate surface area is 132 Å². The lowest BCUT2D eigenvalue weighted by Gasteiger charge is -2.03. The Morgan fingerprint density at radius 3 is 2.57 bits per heavy atom. The molecule has 1 aromatic heterocycles. The third-order valence-corrected chi connectivity index (χ3v) is 4.70. The fourth-order valence-corrected chi connectivity index (χ4v) is 2.86. The number of halogens is 1. The van der Waals surface area contributed by atoms with Crippen molar-refractivity contribution in [1.29, 1.82) is 0 Å². The number of hydrogen-bond donors (Lipinski definition) is 0. The monoisotopic (exact) mass is 341 g/mol. The highest BCUT2D eigenvalue weighted by Crippen LogP contribution is 2.25. The SMILES string of the molecule is Cc1ccc2c(C(=O)c3ccc(Br)c(C)c3)cn(C)c2c1.